The van der Waals surface area contributed by atoms with Gasteiger partial charge < -0.3 is 9.84 Å². The Kier molecular flexibility index (Phi) is 18.8. The average Bonchev–Trinajstić information content (AvgIpc) is 2.64. The van der Waals surface area contributed by atoms with Gasteiger partial charge in [0.05, 0.1) is 12.7 Å². The van der Waals surface area contributed by atoms with Gasteiger partial charge in [-0.25, -0.2) is 0 Å². The molecule has 0 spiro atoms. The van der Waals surface area contributed by atoms with Crippen LogP contribution in [0.15, 0.2) is 0 Å². The molecule has 2 atom stereocenters. The van der Waals surface area contributed by atoms with Gasteiger partial charge in [0.2, 0.25) is 0 Å². The first-order valence-corrected chi connectivity index (χ1v) is 11.4. The van der Waals surface area contributed by atoms with Crippen LogP contribution in [-0.2, 0) is 9.53 Å². The summed E-state index contributed by atoms with van der Waals surface area (Å²) >= 11 is 0. The molecule has 0 aromatic carbocycles. The van der Waals surface area contributed by atoms with Gasteiger partial charge in [0, 0.05) is 6.42 Å². The average molecular weight is 371 g/mol. The third-order valence-corrected chi connectivity index (χ3v) is 5.28. The van der Waals surface area contributed by atoms with E-state index in [4.69, 9.17) is 4.74 Å². The molecule has 0 aliphatic heterocycles. The SMILES string of the molecule is CCCCCCC(O)CCCCCCCCCCC(=O)OCC(C)CC. The van der Waals surface area contributed by atoms with E-state index in [1.165, 1.54) is 57.8 Å². The molecule has 0 rings (SSSR count). The molecule has 0 amide bonds. The van der Waals surface area contributed by atoms with E-state index in [2.05, 4.69) is 20.8 Å². The molecule has 0 aromatic heterocycles. The zero-order valence-corrected chi connectivity index (χ0v) is 17.9. The summed E-state index contributed by atoms with van der Waals surface area (Å²) in [6.45, 7) is 7.03. The number of ether oxygens (including phenoxy) is 1. The molecule has 0 bridgehead atoms. The van der Waals surface area contributed by atoms with Crippen molar-refractivity contribution in [3.63, 3.8) is 0 Å². The topological polar surface area (TPSA) is 46.5 Å². The Morgan fingerprint density at radius 3 is 1.85 bits per heavy atom. The Morgan fingerprint density at radius 2 is 1.31 bits per heavy atom. The van der Waals surface area contributed by atoms with Crippen molar-refractivity contribution < 1.29 is 14.6 Å². The third kappa shape index (κ3) is 18.2. The normalized spacial score (nSPS) is 13.5. The van der Waals surface area contributed by atoms with Gasteiger partial charge in [-0.2, -0.15) is 0 Å². The van der Waals surface area contributed by atoms with Crippen LogP contribution in [-0.4, -0.2) is 23.8 Å². The Morgan fingerprint density at radius 1 is 0.808 bits per heavy atom. The zero-order chi connectivity index (χ0) is 19.5. The molecule has 3 heteroatoms. The molecule has 0 aliphatic carbocycles. The van der Waals surface area contributed by atoms with E-state index < -0.39 is 0 Å². The zero-order valence-electron chi connectivity index (χ0n) is 17.9. The summed E-state index contributed by atoms with van der Waals surface area (Å²) in [6.07, 6.45) is 18.1. The number of esters is 1. The first-order valence-electron chi connectivity index (χ1n) is 11.4. The summed E-state index contributed by atoms with van der Waals surface area (Å²) < 4.78 is 5.26. The van der Waals surface area contributed by atoms with Crippen molar-refractivity contribution in [1.82, 2.24) is 0 Å². The van der Waals surface area contributed by atoms with E-state index in [0.29, 0.717) is 18.9 Å². The van der Waals surface area contributed by atoms with Crippen LogP contribution in [0.25, 0.3) is 0 Å². The molecule has 156 valence electrons. The number of carbonyl (C=O) groups is 1. The second-order valence-electron chi connectivity index (χ2n) is 8.07. The van der Waals surface area contributed by atoms with Crippen molar-refractivity contribution in [1.29, 1.82) is 0 Å². The highest BCUT2D eigenvalue weighted by atomic mass is 16.5. The minimum atomic E-state index is -0.0769. The van der Waals surface area contributed by atoms with E-state index in [-0.39, 0.29) is 12.1 Å². The number of rotatable bonds is 19. The largest absolute Gasteiger partial charge is 0.465 e. The van der Waals surface area contributed by atoms with Crippen molar-refractivity contribution in [2.75, 3.05) is 6.61 Å². The van der Waals surface area contributed by atoms with Crippen LogP contribution < -0.4 is 0 Å². The summed E-state index contributed by atoms with van der Waals surface area (Å²) in [4.78, 5) is 11.6. The Balaban J connectivity index is 3.25. The van der Waals surface area contributed by atoms with Gasteiger partial charge in [-0.05, 0) is 25.2 Å². The smallest absolute Gasteiger partial charge is 0.305 e. The maximum atomic E-state index is 11.6. The number of unbranched alkanes of at least 4 members (excludes halogenated alkanes) is 10. The monoisotopic (exact) mass is 370 g/mol. The summed E-state index contributed by atoms with van der Waals surface area (Å²) in [6, 6.07) is 0. The van der Waals surface area contributed by atoms with E-state index >= 15 is 0 Å². The number of carbonyl (C=O) groups excluding carboxylic acids is 1. The standard InChI is InChI=1S/C23H46O3/c1-4-6-7-14-17-22(24)18-15-12-10-8-9-11-13-16-19-23(25)26-20-21(3)5-2/h21-22,24H,4-20H2,1-3H3. The summed E-state index contributed by atoms with van der Waals surface area (Å²) in [7, 11) is 0. The Labute approximate surface area is 163 Å². The third-order valence-electron chi connectivity index (χ3n) is 5.28. The van der Waals surface area contributed by atoms with Crippen LogP contribution in [0, 0.1) is 5.92 Å². The first kappa shape index (κ1) is 25.4. The van der Waals surface area contributed by atoms with Gasteiger partial charge in [0.1, 0.15) is 0 Å². The quantitative estimate of drug-likeness (QED) is 0.201. The number of hydrogen-bond acceptors (Lipinski definition) is 3. The lowest BCUT2D eigenvalue weighted by atomic mass is 10.0. The van der Waals surface area contributed by atoms with Crippen LogP contribution >= 0.6 is 0 Å². The fraction of sp³-hybridized carbons (Fsp3) is 0.957. The Hall–Kier alpha value is -0.570. The molecule has 1 N–H and O–H groups in total. The highest BCUT2D eigenvalue weighted by Gasteiger charge is 2.06. The maximum Gasteiger partial charge on any atom is 0.305 e. The molecule has 0 fully saturated rings. The van der Waals surface area contributed by atoms with Gasteiger partial charge in [-0.15, -0.1) is 0 Å². The van der Waals surface area contributed by atoms with Crippen molar-refractivity contribution in [2.24, 2.45) is 5.92 Å². The van der Waals surface area contributed by atoms with Gasteiger partial charge in [-0.3, -0.25) is 4.79 Å². The highest BCUT2D eigenvalue weighted by Crippen LogP contribution is 2.14. The van der Waals surface area contributed by atoms with E-state index in [1.54, 1.807) is 0 Å². The molecule has 26 heavy (non-hydrogen) atoms. The second kappa shape index (κ2) is 19.2. The molecular weight excluding hydrogens is 324 g/mol. The van der Waals surface area contributed by atoms with Crippen molar-refractivity contribution in [3.8, 4) is 0 Å². The van der Waals surface area contributed by atoms with Crippen LogP contribution in [0.3, 0.4) is 0 Å². The van der Waals surface area contributed by atoms with E-state index in [1.807, 2.05) is 0 Å². The minimum Gasteiger partial charge on any atom is -0.465 e. The van der Waals surface area contributed by atoms with E-state index in [9.17, 15) is 9.90 Å². The van der Waals surface area contributed by atoms with Gasteiger partial charge in [-0.1, -0.05) is 97.8 Å². The van der Waals surface area contributed by atoms with Crippen LogP contribution in [0.5, 0.6) is 0 Å². The number of aliphatic hydroxyl groups excluding tert-OH is 1. The molecule has 0 heterocycles. The molecular formula is C23H46O3. The van der Waals surface area contributed by atoms with Crippen LogP contribution in [0.4, 0.5) is 0 Å². The first-order chi connectivity index (χ1) is 12.6. The summed E-state index contributed by atoms with van der Waals surface area (Å²) in [5.41, 5.74) is 0. The fourth-order valence-electron chi connectivity index (χ4n) is 3.09. The fourth-order valence-corrected chi connectivity index (χ4v) is 3.09. The van der Waals surface area contributed by atoms with E-state index in [0.717, 1.165) is 38.5 Å². The predicted octanol–water partition coefficient (Wildman–Crippen LogP) is 6.81. The second-order valence-corrected chi connectivity index (χ2v) is 8.07. The molecule has 0 aliphatic rings. The molecule has 3 nitrogen and oxygen atoms in total. The lowest BCUT2D eigenvalue weighted by Crippen LogP contribution is -2.11. The predicted molar refractivity (Wildman–Crippen MR) is 111 cm³/mol. The highest BCUT2D eigenvalue weighted by molar-refractivity contribution is 5.69. The molecule has 0 radical (unpaired) electrons. The van der Waals surface area contributed by atoms with Gasteiger partial charge in [0.25, 0.3) is 0 Å². The molecule has 2 unspecified atom stereocenters. The lowest BCUT2D eigenvalue weighted by molar-refractivity contribution is -0.145. The Bertz CT molecular complexity index is 304. The molecule has 0 aromatic rings. The lowest BCUT2D eigenvalue weighted by Gasteiger charge is -2.10. The van der Waals surface area contributed by atoms with Gasteiger partial charge >= 0.3 is 5.97 Å². The molecule has 0 saturated heterocycles. The molecule has 0 saturated carbocycles. The number of aliphatic hydroxyl groups is 1. The van der Waals surface area contributed by atoms with Crippen LogP contribution in [0.1, 0.15) is 124 Å². The summed E-state index contributed by atoms with van der Waals surface area (Å²) in [5.74, 6) is 0.444. The van der Waals surface area contributed by atoms with Crippen LogP contribution in [0.2, 0.25) is 0 Å². The van der Waals surface area contributed by atoms with Gasteiger partial charge in [0.15, 0.2) is 0 Å². The number of hydrogen-bond donors (Lipinski definition) is 1. The van der Waals surface area contributed by atoms with Crippen molar-refractivity contribution in [3.05, 3.63) is 0 Å². The van der Waals surface area contributed by atoms with Crippen molar-refractivity contribution >= 4 is 5.97 Å². The van der Waals surface area contributed by atoms with Crippen molar-refractivity contribution in [2.45, 2.75) is 130 Å². The minimum absolute atomic E-state index is 0.0291. The maximum absolute atomic E-state index is 11.6. The summed E-state index contributed by atoms with van der Waals surface area (Å²) in [5, 5.41) is 9.94.